The molecule has 1 fully saturated rings. The smallest absolute Gasteiger partial charge is 0.244 e. The topological polar surface area (TPSA) is 81.3 Å². The predicted octanol–water partition coefficient (Wildman–Crippen LogP) is 0.290. The zero-order chi connectivity index (χ0) is 13.7. The van der Waals surface area contributed by atoms with Gasteiger partial charge in [-0.05, 0) is 12.5 Å². The first-order chi connectivity index (χ1) is 9.21. The van der Waals surface area contributed by atoms with E-state index >= 15 is 0 Å². The van der Waals surface area contributed by atoms with Gasteiger partial charge in [0.15, 0.2) is 0 Å². The molecule has 1 aromatic heterocycles. The third kappa shape index (κ3) is 2.59. The molecular weight excluding hydrogens is 244 g/mol. The normalized spacial score (nSPS) is 19.8. The van der Waals surface area contributed by atoms with Gasteiger partial charge in [0.2, 0.25) is 5.91 Å². The highest BCUT2D eigenvalue weighted by molar-refractivity contribution is 5.85. The van der Waals surface area contributed by atoms with Crippen LogP contribution in [-0.2, 0) is 15.1 Å². The molecule has 2 rings (SSSR count). The van der Waals surface area contributed by atoms with E-state index in [0.717, 1.165) is 6.42 Å². The molecule has 1 saturated heterocycles. The van der Waals surface area contributed by atoms with Gasteiger partial charge in [-0.25, -0.2) is 9.97 Å². The van der Waals surface area contributed by atoms with Gasteiger partial charge in [0, 0.05) is 19.3 Å². The number of carbonyl (C=O) groups excluding carboxylic acids is 1. The summed E-state index contributed by atoms with van der Waals surface area (Å²) < 4.78 is 5.36. The fourth-order valence-corrected chi connectivity index (χ4v) is 2.70. The van der Waals surface area contributed by atoms with Gasteiger partial charge in [0.25, 0.3) is 0 Å². The lowest BCUT2D eigenvalue weighted by atomic mass is 9.86. The van der Waals surface area contributed by atoms with Crippen molar-refractivity contribution in [3.05, 3.63) is 24.3 Å². The summed E-state index contributed by atoms with van der Waals surface area (Å²) in [6, 6.07) is 1.77. The number of hydrogen-bond acceptors (Lipinski definition) is 5. The summed E-state index contributed by atoms with van der Waals surface area (Å²) in [5, 5.41) is 0. The predicted molar refractivity (Wildman–Crippen MR) is 70.2 cm³/mol. The number of rotatable bonds is 5. The van der Waals surface area contributed by atoms with Gasteiger partial charge in [0.05, 0.1) is 18.9 Å². The van der Waals surface area contributed by atoms with Crippen molar-refractivity contribution in [2.75, 3.05) is 26.3 Å². The molecule has 0 bridgehead atoms. The maximum absolute atomic E-state index is 12.2. The number of ether oxygens (including phenoxy) is 1. The van der Waals surface area contributed by atoms with Crippen LogP contribution in [0.3, 0.4) is 0 Å². The number of nitrogens with two attached hydrogens (primary N) is 1. The Labute approximate surface area is 113 Å². The molecule has 19 heavy (non-hydrogen) atoms. The lowest BCUT2D eigenvalue weighted by Gasteiger charge is -2.42. The number of amides is 1. The van der Waals surface area contributed by atoms with E-state index in [1.807, 2.05) is 6.92 Å². The molecule has 0 saturated carbocycles. The summed E-state index contributed by atoms with van der Waals surface area (Å²) >= 11 is 0. The van der Waals surface area contributed by atoms with Crippen LogP contribution < -0.4 is 5.73 Å². The molecule has 1 aromatic rings. The SMILES string of the molecule is CCCC(C(N)=O)(c1ccncn1)N1CCOCC1. The van der Waals surface area contributed by atoms with Crippen molar-refractivity contribution < 1.29 is 9.53 Å². The van der Waals surface area contributed by atoms with Gasteiger partial charge >= 0.3 is 0 Å². The number of hydrogen-bond donors (Lipinski definition) is 1. The van der Waals surface area contributed by atoms with E-state index in [1.54, 1.807) is 12.3 Å². The zero-order valence-corrected chi connectivity index (χ0v) is 11.2. The third-order valence-electron chi connectivity index (χ3n) is 3.58. The van der Waals surface area contributed by atoms with Crippen molar-refractivity contribution in [2.45, 2.75) is 25.3 Å². The first-order valence-electron chi connectivity index (χ1n) is 6.61. The fraction of sp³-hybridized carbons (Fsp3) is 0.615. The van der Waals surface area contributed by atoms with E-state index in [2.05, 4.69) is 14.9 Å². The van der Waals surface area contributed by atoms with Gasteiger partial charge in [0.1, 0.15) is 11.9 Å². The van der Waals surface area contributed by atoms with Crippen LogP contribution in [0.1, 0.15) is 25.5 Å². The summed E-state index contributed by atoms with van der Waals surface area (Å²) in [7, 11) is 0. The van der Waals surface area contributed by atoms with Crippen molar-refractivity contribution in [3.8, 4) is 0 Å². The van der Waals surface area contributed by atoms with Gasteiger partial charge in [-0.3, -0.25) is 9.69 Å². The number of morpholine rings is 1. The van der Waals surface area contributed by atoms with Crippen LogP contribution in [0, 0.1) is 0 Å². The number of primary amides is 1. The minimum atomic E-state index is -0.846. The van der Waals surface area contributed by atoms with Crippen LogP contribution in [0.25, 0.3) is 0 Å². The maximum Gasteiger partial charge on any atom is 0.244 e. The Morgan fingerprint density at radius 2 is 2.26 bits per heavy atom. The molecule has 104 valence electrons. The molecule has 1 atom stereocenters. The van der Waals surface area contributed by atoms with Crippen LogP contribution in [0.2, 0.25) is 0 Å². The second-order valence-electron chi connectivity index (χ2n) is 4.67. The summed E-state index contributed by atoms with van der Waals surface area (Å²) in [6.07, 6.45) is 4.61. The van der Waals surface area contributed by atoms with Crippen molar-refractivity contribution in [1.82, 2.24) is 14.9 Å². The Morgan fingerprint density at radius 1 is 1.53 bits per heavy atom. The highest BCUT2D eigenvalue weighted by Gasteiger charge is 2.45. The highest BCUT2D eigenvalue weighted by atomic mass is 16.5. The van der Waals surface area contributed by atoms with Gasteiger partial charge in [-0.15, -0.1) is 0 Å². The van der Waals surface area contributed by atoms with Crippen LogP contribution in [0.15, 0.2) is 18.6 Å². The zero-order valence-electron chi connectivity index (χ0n) is 11.2. The monoisotopic (exact) mass is 264 g/mol. The number of aromatic nitrogens is 2. The minimum absolute atomic E-state index is 0.352. The number of nitrogens with zero attached hydrogens (tertiary/aromatic N) is 3. The molecule has 2 N–H and O–H groups in total. The summed E-state index contributed by atoms with van der Waals surface area (Å²) in [5.74, 6) is -0.352. The van der Waals surface area contributed by atoms with Crippen LogP contribution in [-0.4, -0.2) is 47.1 Å². The van der Waals surface area contributed by atoms with Crippen molar-refractivity contribution in [1.29, 1.82) is 0 Å². The van der Waals surface area contributed by atoms with Gasteiger partial charge in [-0.1, -0.05) is 13.3 Å². The molecule has 1 aliphatic heterocycles. The fourth-order valence-electron chi connectivity index (χ4n) is 2.70. The van der Waals surface area contributed by atoms with Crippen LogP contribution >= 0.6 is 0 Å². The average molecular weight is 264 g/mol. The standard InChI is InChI=1S/C13H20N4O2/c1-2-4-13(12(14)18,11-3-5-15-10-16-11)17-6-8-19-9-7-17/h3,5,10H,2,4,6-9H2,1H3,(H2,14,18). The summed E-state index contributed by atoms with van der Waals surface area (Å²) in [4.78, 5) is 22.5. The highest BCUT2D eigenvalue weighted by Crippen LogP contribution is 2.32. The second kappa shape index (κ2) is 6.08. The van der Waals surface area contributed by atoms with E-state index in [4.69, 9.17) is 10.5 Å². The van der Waals surface area contributed by atoms with Crippen molar-refractivity contribution >= 4 is 5.91 Å². The average Bonchev–Trinajstić information content (AvgIpc) is 2.46. The molecule has 1 amide bonds. The molecule has 0 aliphatic carbocycles. The number of carbonyl (C=O) groups is 1. The quantitative estimate of drug-likeness (QED) is 0.826. The lowest BCUT2D eigenvalue weighted by molar-refractivity contribution is -0.136. The van der Waals surface area contributed by atoms with E-state index < -0.39 is 5.54 Å². The molecule has 0 spiro atoms. The third-order valence-corrected chi connectivity index (χ3v) is 3.58. The summed E-state index contributed by atoms with van der Waals surface area (Å²) in [5.41, 5.74) is 5.57. The Hall–Kier alpha value is -1.53. The molecule has 2 heterocycles. The maximum atomic E-state index is 12.2. The summed E-state index contributed by atoms with van der Waals surface area (Å²) in [6.45, 7) is 4.65. The van der Waals surface area contributed by atoms with Gasteiger partial charge < -0.3 is 10.5 Å². The molecule has 6 heteroatoms. The van der Waals surface area contributed by atoms with Crippen LogP contribution in [0.5, 0.6) is 0 Å². The second-order valence-corrected chi connectivity index (χ2v) is 4.67. The Morgan fingerprint density at radius 3 is 2.79 bits per heavy atom. The lowest BCUT2D eigenvalue weighted by Crippen LogP contribution is -2.58. The van der Waals surface area contributed by atoms with Crippen molar-refractivity contribution in [2.24, 2.45) is 5.73 Å². The Kier molecular flexibility index (Phi) is 4.44. The van der Waals surface area contributed by atoms with E-state index in [1.165, 1.54) is 6.33 Å². The molecule has 0 radical (unpaired) electrons. The molecule has 1 aliphatic rings. The first kappa shape index (κ1) is 13.9. The molecular formula is C13H20N4O2. The molecule has 1 unspecified atom stereocenters. The Balaban J connectivity index is 2.43. The van der Waals surface area contributed by atoms with E-state index in [-0.39, 0.29) is 5.91 Å². The van der Waals surface area contributed by atoms with E-state index in [0.29, 0.717) is 38.4 Å². The largest absolute Gasteiger partial charge is 0.379 e. The Bertz CT molecular complexity index is 420. The molecule has 0 aromatic carbocycles. The van der Waals surface area contributed by atoms with Crippen LogP contribution in [0.4, 0.5) is 0 Å². The van der Waals surface area contributed by atoms with E-state index in [9.17, 15) is 4.79 Å². The van der Waals surface area contributed by atoms with Gasteiger partial charge in [-0.2, -0.15) is 0 Å². The minimum Gasteiger partial charge on any atom is -0.379 e. The molecule has 6 nitrogen and oxygen atoms in total. The first-order valence-corrected chi connectivity index (χ1v) is 6.61. The van der Waals surface area contributed by atoms with Crippen molar-refractivity contribution in [3.63, 3.8) is 0 Å².